The number of esters is 1. The topological polar surface area (TPSA) is 58.6 Å². The first-order valence-electron chi connectivity index (χ1n) is 6.59. The summed E-state index contributed by atoms with van der Waals surface area (Å²) in [5.74, 6) is -0.491. The van der Waals surface area contributed by atoms with Gasteiger partial charge in [-0.15, -0.1) is 0 Å². The summed E-state index contributed by atoms with van der Waals surface area (Å²) in [6.07, 6.45) is 0. The highest BCUT2D eigenvalue weighted by Crippen LogP contribution is 2.09. The van der Waals surface area contributed by atoms with Gasteiger partial charge >= 0.3 is 5.97 Å². The molecule has 1 N–H and O–H groups in total. The quantitative estimate of drug-likeness (QED) is 0.806. The largest absolute Gasteiger partial charge is 0.468 e. The number of nitrogens with zero attached hydrogens (tertiary/aromatic N) is 1. The van der Waals surface area contributed by atoms with E-state index in [1.54, 1.807) is 4.90 Å². The minimum atomic E-state index is -0.345. The average molecular weight is 278 g/mol. The zero-order valence-electron chi connectivity index (χ0n) is 12.5. The number of anilines is 1. The molecule has 0 spiro atoms. The number of hydrogen-bond donors (Lipinski definition) is 1. The van der Waals surface area contributed by atoms with E-state index in [1.165, 1.54) is 7.11 Å². The average Bonchev–Trinajstić information content (AvgIpc) is 2.37. The van der Waals surface area contributed by atoms with Crippen LogP contribution in [0.2, 0.25) is 0 Å². The lowest BCUT2D eigenvalue weighted by atomic mass is 10.2. The molecule has 0 saturated heterocycles. The maximum absolute atomic E-state index is 12.0. The highest BCUT2D eigenvalue weighted by molar-refractivity contribution is 5.92. The van der Waals surface area contributed by atoms with Gasteiger partial charge in [-0.05, 0) is 38.5 Å². The molecule has 5 heteroatoms. The highest BCUT2D eigenvalue weighted by Gasteiger charge is 2.17. The molecule has 1 amide bonds. The molecule has 0 heterocycles. The monoisotopic (exact) mass is 278 g/mol. The Labute approximate surface area is 119 Å². The van der Waals surface area contributed by atoms with Crippen LogP contribution in [0.4, 0.5) is 5.69 Å². The molecule has 110 valence electrons. The van der Waals surface area contributed by atoms with Gasteiger partial charge in [-0.3, -0.25) is 14.5 Å². The number of nitrogens with one attached hydrogen (secondary N) is 1. The van der Waals surface area contributed by atoms with E-state index >= 15 is 0 Å². The van der Waals surface area contributed by atoms with Gasteiger partial charge in [0, 0.05) is 11.7 Å². The maximum Gasteiger partial charge on any atom is 0.319 e. The number of carbonyl (C=O) groups excluding carboxylic acids is 2. The van der Waals surface area contributed by atoms with E-state index in [1.807, 2.05) is 45.0 Å². The molecule has 0 aromatic heterocycles. The van der Waals surface area contributed by atoms with Gasteiger partial charge in [-0.25, -0.2) is 0 Å². The molecule has 0 radical (unpaired) electrons. The molecular formula is C15H22N2O3. The molecule has 0 aliphatic heterocycles. The minimum Gasteiger partial charge on any atom is -0.468 e. The molecule has 1 aromatic rings. The number of benzene rings is 1. The Bertz CT molecular complexity index is 472. The number of hydrogen-bond acceptors (Lipinski definition) is 4. The van der Waals surface area contributed by atoms with Crippen LogP contribution in [-0.4, -0.2) is 43.0 Å². The Kier molecular flexibility index (Phi) is 6.18. The Balaban J connectivity index is 2.60. The zero-order valence-corrected chi connectivity index (χ0v) is 12.5. The fraction of sp³-hybridized carbons (Fsp3) is 0.467. The van der Waals surface area contributed by atoms with Crippen LogP contribution >= 0.6 is 0 Å². The van der Waals surface area contributed by atoms with Crippen LogP contribution < -0.4 is 5.32 Å². The van der Waals surface area contributed by atoms with Crippen molar-refractivity contribution in [1.82, 2.24) is 4.90 Å². The Morgan fingerprint density at radius 2 is 2.00 bits per heavy atom. The maximum atomic E-state index is 12.0. The fourth-order valence-electron chi connectivity index (χ4n) is 1.76. The summed E-state index contributed by atoms with van der Waals surface area (Å²) in [6.45, 7) is 6.09. The summed E-state index contributed by atoms with van der Waals surface area (Å²) < 4.78 is 4.63. The standard InChI is InChI=1S/C15H22N2O3/c1-11(2)17(10-15(19)20-4)9-14(18)16-13-7-5-6-12(3)8-13/h5-8,11H,9-10H2,1-4H3,(H,16,18). The Morgan fingerprint density at radius 3 is 2.55 bits per heavy atom. The smallest absolute Gasteiger partial charge is 0.319 e. The summed E-state index contributed by atoms with van der Waals surface area (Å²) in [7, 11) is 1.34. The molecule has 0 aliphatic carbocycles. The van der Waals surface area contributed by atoms with Crippen LogP contribution in [0.1, 0.15) is 19.4 Å². The van der Waals surface area contributed by atoms with Crippen molar-refractivity contribution >= 4 is 17.6 Å². The van der Waals surface area contributed by atoms with Crippen molar-refractivity contribution in [2.24, 2.45) is 0 Å². The van der Waals surface area contributed by atoms with Crippen molar-refractivity contribution in [3.8, 4) is 0 Å². The van der Waals surface area contributed by atoms with Crippen LogP contribution in [0.5, 0.6) is 0 Å². The predicted molar refractivity (Wildman–Crippen MR) is 78.5 cm³/mol. The van der Waals surface area contributed by atoms with Gasteiger partial charge < -0.3 is 10.1 Å². The summed E-state index contributed by atoms with van der Waals surface area (Å²) in [5, 5.41) is 2.83. The lowest BCUT2D eigenvalue weighted by molar-refractivity contribution is -0.142. The Hall–Kier alpha value is -1.88. The van der Waals surface area contributed by atoms with Crippen molar-refractivity contribution in [2.75, 3.05) is 25.5 Å². The molecule has 0 unspecified atom stereocenters. The number of rotatable bonds is 6. The van der Waals surface area contributed by atoms with Crippen molar-refractivity contribution in [1.29, 1.82) is 0 Å². The zero-order chi connectivity index (χ0) is 15.1. The van der Waals surface area contributed by atoms with E-state index in [-0.39, 0.29) is 31.0 Å². The second kappa shape index (κ2) is 7.65. The molecule has 1 rings (SSSR count). The van der Waals surface area contributed by atoms with E-state index < -0.39 is 0 Å². The van der Waals surface area contributed by atoms with Gasteiger partial charge in [0.2, 0.25) is 5.91 Å². The highest BCUT2D eigenvalue weighted by atomic mass is 16.5. The summed E-state index contributed by atoms with van der Waals surface area (Å²) in [6, 6.07) is 7.67. The number of amides is 1. The molecule has 1 aromatic carbocycles. The van der Waals surface area contributed by atoms with E-state index in [4.69, 9.17) is 0 Å². The minimum absolute atomic E-state index is 0.0809. The second-order valence-corrected chi connectivity index (χ2v) is 4.99. The van der Waals surface area contributed by atoms with Crippen molar-refractivity contribution < 1.29 is 14.3 Å². The number of aryl methyl sites for hydroxylation is 1. The lowest BCUT2D eigenvalue weighted by Crippen LogP contribution is -2.41. The van der Waals surface area contributed by atoms with E-state index in [0.717, 1.165) is 11.3 Å². The van der Waals surface area contributed by atoms with Crippen molar-refractivity contribution in [3.05, 3.63) is 29.8 Å². The molecule has 0 bridgehead atoms. The predicted octanol–water partition coefficient (Wildman–Crippen LogP) is 1.82. The summed E-state index contributed by atoms with van der Waals surface area (Å²) >= 11 is 0. The van der Waals surface area contributed by atoms with E-state index in [9.17, 15) is 9.59 Å². The lowest BCUT2D eigenvalue weighted by Gasteiger charge is -2.24. The molecule has 20 heavy (non-hydrogen) atoms. The van der Waals surface area contributed by atoms with Gasteiger partial charge in [-0.2, -0.15) is 0 Å². The second-order valence-electron chi connectivity index (χ2n) is 4.99. The molecule has 5 nitrogen and oxygen atoms in total. The van der Waals surface area contributed by atoms with Gasteiger partial charge in [0.1, 0.15) is 0 Å². The van der Waals surface area contributed by atoms with Gasteiger partial charge in [0.25, 0.3) is 0 Å². The third-order valence-corrected chi connectivity index (χ3v) is 2.94. The first-order valence-corrected chi connectivity index (χ1v) is 6.59. The van der Waals surface area contributed by atoms with Crippen LogP contribution in [0.15, 0.2) is 24.3 Å². The number of carbonyl (C=O) groups is 2. The van der Waals surface area contributed by atoms with Crippen LogP contribution in [0, 0.1) is 6.92 Å². The van der Waals surface area contributed by atoms with Crippen LogP contribution in [0.3, 0.4) is 0 Å². The van der Waals surface area contributed by atoms with Crippen molar-refractivity contribution in [2.45, 2.75) is 26.8 Å². The summed E-state index contributed by atoms with van der Waals surface area (Å²) in [4.78, 5) is 25.1. The van der Waals surface area contributed by atoms with E-state index in [0.29, 0.717) is 0 Å². The third-order valence-electron chi connectivity index (χ3n) is 2.94. The molecular weight excluding hydrogens is 256 g/mol. The summed E-state index contributed by atoms with van der Waals surface area (Å²) in [5.41, 5.74) is 1.84. The molecule has 0 atom stereocenters. The van der Waals surface area contributed by atoms with Crippen LogP contribution in [-0.2, 0) is 14.3 Å². The Morgan fingerprint density at radius 1 is 1.30 bits per heavy atom. The normalized spacial score (nSPS) is 10.7. The molecule has 0 aliphatic rings. The van der Waals surface area contributed by atoms with Crippen molar-refractivity contribution in [3.63, 3.8) is 0 Å². The fourth-order valence-corrected chi connectivity index (χ4v) is 1.76. The SMILES string of the molecule is COC(=O)CN(CC(=O)Nc1cccc(C)c1)C(C)C. The molecule has 0 fully saturated rings. The third kappa shape index (κ3) is 5.40. The van der Waals surface area contributed by atoms with Gasteiger partial charge in [0.05, 0.1) is 20.2 Å². The first-order chi connectivity index (χ1) is 9.42. The van der Waals surface area contributed by atoms with Gasteiger partial charge in [-0.1, -0.05) is 12.1 Å². The van der Waals surface area contributed by atoms with Gasteiger partial charge in [0.15, 0.2) is 0 Å². The van der Waals surface area contributed by atoms with Crippen LogP contribution in [0.25, 0.3) is 0 Å². The number of ether oxygens (including phenoxy) is 1. The van der Waals surface area contributed by atoms with E-state index in [2.05, 4.69) is 10.1 Å². The molecule has 0 saturated carbocycles. The number of methoxy groups -OCH3 is 1. The first kappa shape index (κ1) is 16.2.